The highest BCUT2D eigenvalue weighted by atomic mass is 19.4. The molecule has 2 aromatic rings. The summed E-state index contributed by atoms with van der Waals surface area (Å²) in [7, 11) is 0. The van der Waals surface area contributed by atoms with Crippen LogP contribution in [-0.2, 0) is 0 Å². The van der Waals surface area contributed by atoms with Gasteiger partial charge in [-0.05, 0) is 24.8 Å². The summed E-state index contributed by atoms with van der Waals surface area (Å²) >= 11 is 0. The first-order valence-corrected chi connectivity index (χ1v) is 11.0. The number of nitrogens with zero attached hydrogens (tertiary/aromatic N) is 4. The van der Waals surface area contributed by atoms with Crippen LogP contribution in [0.5, 0.6) is 5.75 Å². The molecule has 0 spiro atoms. The number of anilines is 1. The van der Waals surface area contributed by atoms with Gasteiger partial charge in [0.1, 0.15) is 11.9 Å². The molecule has 1 saturated carbocycles. The van der Waals surface area contributed by atoms with Gasteiger partial charge in [-0.1, -0.05) is 6.58 Å². The first kappa shape index (κ1) is 24.4. The van der Waals surface area contributed by atoms with Crippen LogP contribution in [0.4, 0.5) is 27.8 Å². The van der Waals surface area contributed by atoms with Gasteiger partial charge in [-0.25, -0.2) is 18.7 Å². The number of nitrogen functional groups attached to an aromatic ring is 1. The summed E-state index contributed by atoms with van der Waals surface area (Å²) in [5, 5.41) is 10.7. The molecule has 2 aliphatic rings. The number of alkyl halides is 5. The van der Waals surface area contributed by atoms with Gasteiger partial charge in [-0.15, -0.1) is 13.2 Å². The van der Waals surface area contributed by atoms with Crippen molar-refractivity contribution >= 4 is 11.5 Å². The van der Waals surface area contributed by atoms with Crippen molar-refractivity contribution in [2.75, 3.05) is 25.4 Å². The van der Waals surface area contributed by atoms with Crippen molar-refractivity contribution in [2.45, 2.75) is 50.5 Å². The van der Waals surface area contributed by atoms with Gasteiger partial charge in [0.15, 0.2) is 11.6 Å². The Hall–Kier alpha value is -2.73. The third-order valence-corrected chi connectivity index (χ3v) is 6.11. The highest BCUT2D eigenvalue weighted by Gasteiger charge is 2.36. The van der Waals surface area contributed by atoms with E-state index in [1.165, 1.54) is 6.20 Å². The lowest BCUT2D eigenvalue weighted by Crippen LogP contribution is -2.39. The summed E-state index contributed by atoms with van der Waals surface area (Å²) < 4.78 is 70.5. The van der Waals surface area contributed by atoms with E-state index < -0.39 is 30.0 Å². The minimum atomic E-state index is -4.94. The van der Waals surface area contributed by atoms with E-state index in [1.807, 2.05) is 4.90 Å². The monoisotopic (exact) mass is 487 g/mol. The van der Waals surface area contributed by atoms with Crippen molar-refractivity contribution in [1.82, 2.24) is 19.4 Å². The summed E-state index contributed by atoms with van der Waals surface area (Å²) in [4.78, 5) is 10.2. The molecule has 1 aliphatic carbocycles. The van der Waals surface area contributed by atoms with Gasteiger partial charge >= 0.3 is 6.36 Å². The number of halogens is 5. The van der Waals surface area contributed by atoms with Gasteiger partial charge in [0.05, 0.1) is 5.69 Å². The molecule has 1 unspecified atom stereocenters. The van der Waals surface area contributed by atoms with Gasteiger partial charge in [0.2, 0.25) is 0 Å². The molecular formula is C22H26F5N5O2. The minimum absolute atomic E-state index is 0.0415. The summed E-state index contributed by atoms with van der Waals surface area (Å²) in [5.41, 5.74) is 6.59. The summed E-state index contributed by atoms with van der Waals surface area (Å²) in [6.45, 7) is 5.15. The molecule has 0 aromatic carbocycles. The maximum absolute atomic E-state index is 13.4. The number of aliphatic hydroxyl groups excluding tert-OH is 1. The largest absolute Gasteiger partial charge is 0.573 e. The zero-order chi connectivity index (χ0) is 24.7. The van der Waals surface area contributed by atoms with Gasteiger partial charge in [-0.2, -0.15) is 0 Å². The number of aromatic nitrogens is 3. The normalized spacial score (nSPS) is 19.7. The number of nitrogens with two attached hydrogens (primary N) is 1. The Labute approximate surface area is 193 Å². The molecule has 186 valence electrons. The van der Waals surface area contributed by atoms with E-state index in [0.29, 0.717) is 24.5 Å². The fraction of sp³-hybridized carbons (Fsp3) is 0.545. The molecule has 3 heterocycles. The van der Waals surface area contributed by atoms with Crippen molar-refractivity contribution in [3.63, 3.8) is 0 Å². The fourth-order valence-corrected chi connectivity index (χ4v) is 3.93. The predicted octanol–water partition coefficient (Wildman–Crippen LogP) is 4.46. The molecule has 0 amide bonds. The van der Waals surface area contributed by atoms with E-state index in [9.17, 15) is 27.1 Å². The minimum Gasteiger partial charge on any atom is -0.402 e. The van der Waals surface area contributed by atoms with Crippen LogP contribution in [0.1, 0.15) is 44.0 Å². The number of hydrogen-bond acceptors (Lipinski definition) is 6. The second kappa shape index (κ2) is 9.14. The Morgan fingerprint density at radius 1 is 1.29 bits per heavy atom. The molecular weight excluding hydrogens is 461 g/mol. The van der Waals surface area contributed by atoms with Crippen LogP contribution < -0.4 is 10.5 Å². The average Bonchev–Trinajstić information content (AvgIpc) is 3.51. The average molecular weight is 487 g/mol. The molecule has 4 rings (SSSR count). The van der Waals surface area contributed by atoms with Crippen LogP contribution in [0.15, 0.2) is 25.0 Å². The van der Waals surface area contributed by atoms with Crippen molar-refractivity contribution < 1.29 is 31.8 Å². The SMILES string of the molecule is C=C(CCN1CCC(F)(F)CC1)n1cc(-c2cnc(N)c(OC(F)(F)F)c2)nc1C(O)C1CC1. The Bertz CT molecular complexity index is 1040. The molecule has 2 aromatic heterocycles. The fourth-order valence-electron chi connectivity index (χ4n) is 3.93. The van der Waals surface area contributed by atoms with E-state index in [-0.39, 0.29) is 43.1 Å². The molecule has 1 saturated heterocycles. The van der Waals surface area contributed by atoms with Gasteiger partial charge in [0, 0.05) is 62.6 Å². The molecule has 7 nitrogen and oxygen atoms in total. The Kier molecular flexibility index (Phi) is 6.56. The summed E-state index contributed by atoms with van der Waals surface area (Å²) in [6, 6.07) is 1.09. The number of likely N-dealkylation sites (tertiary alicyclic amines) is 1. The second-order valence-electron chi connectivity index (χ2n) is 8.81. The Balaban J connectivity index is 1.55. The van der Waals surface area contributed by atoms with Crippen LogP contribution in [0.2, 0.25) is 0 Å². The van der Waals surface area contributed by atoms with Crippen molar-refractivity contribution in [3.05, 3.63) is 30.9 Å². The highest BCUT2D eigenvalue weighted by Crippen LogP contribution is 2.42. The highest BCUT2D eigenvalue weighted by molar-refractivity contribution is 5.65. The van der Waals surface area contributed by atoms with Crippen molar-refractivity contribution in [3.8, 4) is 17.0 Å². The van der Waals surface area contributed by atoms with Crippen LogP contribution in [0.25, 0.3) is 17.0 Å². The molecule has 1 aliphatic heterocycles. The lowest BCUT2D eigenvalue weighted by atomic mass is 10.1. The Morgan fingerprint density at radius 2 is 1.97 bits per heavy atom. The number of imidazole rings is 1. The topological polar surface area (TPSA) is 89.4 Å². The number of piperidine rings is 1. The zero-order valence-corrected chi connectivity index (χ0v) is 18.4. The third kappa shape index (κ3) is 5.84. The predicted molar refractivity (Wildman–Crippen MR) is 115 cm³/mol. The molecule has 2 fully saturated rings. The van der Waals surface area contributed by atoms with E-state index in [1.54, 1.807) is 10.8 Å². The van der Waals surface area contributed by atoms with Crippen LogP contribution in [-0.4, -0.2) is 56.5 Å². The van der Waals surface area contributed by atoms with Gasteiger partial charge < -0.3 is 25.0 Å². The van der Waals surface area contributed by atoms with Crippen molar-refractivity contribution in [1.29, 1.82) is 0 Å². The third-order valence-electron chi connectivity index (χ3n) is 6.11. The van der Waals surface area contributed by atoms with Crippen LogP contribution in [0, 0.1) is 5.92 Å². The van der Waals surface area contributed by atoms with Crippen LogP contribution in [0.3, 0.4) is 0 Å². The molecule has 34 heavy (non-hydrogen) atoms. The smallest absolute Gasteiger partial charge is 0.402 e. The number of ether oxygens (including phenoxy) is 1. The Morgan fingerprint density at radius 3 is 2.59 bits per heavy atom. The number of pyridine rings is 1. The van der Waals surface area contributed by atoms with Gasteiger partial charge in [0.25, 0.3) is 5.92 Å². The first-order valence-electron chi connectivity index (χ1n) is 11.0. The molecule has 0 bridgehead atoms. The zero-order valence-electron chi connectivity index (χ0n) is 18.4. The first-order chi connectivity index (χ1) is 15.9. The van der Waals surface area contributed by atoms with Crippen LogP contribution >= 0.6 is 0 Å². The standard InChI is InChI=1S/C22H26F5N5O2/c1-13(4-7-31-8-5-21(23,24)6-9-31)32-12-16(30-20(32)18(33)14-2-3-14)15-10-17(19(28)29-11-15)34-22(25,26)27/h10-12,14,18,33H,1-9H2,(H2,28,29). The van der Waals surface area contributed by atoms with Crippen molar-refractivity contribution in [2.24, 2.45) is 5.92 Å². The molecule has 1 atom stereocenters. The van der Waals surface area contributed by atoms with E-state index in [4.69, 9.17) is 5.73 Å². The van der Waals surface area contributed by atoms with E-state index >= 15 is 0 Å². The second-order valence-corrected chi connectivity index (χ2v) is 8.81. The van der Waals surface area contributed by atoms with E-state index in [2.05, 4.69) is 21.3 Å². The summed E-state index contributed by atoms with van der Waals surface area (Å²) in [5.74, 6) is -3.33. The lowest BCUT2D eigenvalue weighted by molar-refractivity contribution is -0.274. The quantitative estimate of drug-likeness (QED) is 0.535. The molecule has 0 radical (unpaired) electrons. The number of hydrogen-bond donors (Lipinski definition) is 2. The number of rotatable bonds is 8. The lowest BCUT2D eigenvalue weighted by Gasteiger charge is -2.31. The molecule has 12 heteroatoms. The maximum Gasteiger partial charge on any atom is 0.573 e. The van der Waals surface area contributed by atoms with E-state index in [0.717, 1.165) is 18.9 Å². The van der Waals surface area contributed by atoms with Gasteiger partial charge in [-0.3, -0.25) is 0 Å². The summed E-state index contributed by atoms with van der Waals surface area (Å²) in [6.07, 6.45) is -1.23. The molecule has 3 N–H and O–H groups in total. The maximum atomic E-state index is 13.4. The number of aliphatic hydroxyl groups is 1.